The van der Waals surface area contributed by atoms with Crippen LogP contribution in [0.15, 0.2) is 71.6 Å². The van der Waals surface area contributed by atoms with Gasteiger partial charge in [0.1, 0.15) is 11.6 Å². The van der Waals surface area contributed by atoms with Crippen LogP contribution in [-0.4, -0.2) is 32.7 Å². The maximum Gasteiger partial charge on any atom is 0.573 e. The molecule has 1 saturated carbocycles. The quantitative estimate of drug-likeness (QED) is 0.495. The highest BCUT2D eigenvalue weighted by Gasteiger charge is 2.51. The van der Waals surface area contributed by atoms with Gasteiger partial charge in [0.2, 0.25) is 15.9 Å². The number of aromatic nitrogens is 1. The van der Waals surface area contributed by atoms with E-state index in [-0.39, 0.29) is 19.4 Å². The van der Waals surface area contributed by atoms with Crippen LogP contribution in [0.4, 0.5) is 19.0 Å². The zero-order chi connectivity index (χ0) is 24.6. The summed E-state index contributed by atoms with van der Waals surface area (Å²) >= 11 is 0. The Hall–Kier alpha value is -3.44. The SMILES string of the molecule is CNS(=O)(=O)c1ccc(-c2cccc(NC(=O)C3(c4ccc(OC(F)(F)F)cc4)CC3)n2)cc1.[HH].[HH]. The molecule has 1 aromatic heterocycles. The van der Waals surface area contributed by atoms with Gasteiger partial charge in [0.05, 0.1) is 16.0 Å². The van der Waals surface area contributed by atoms with Crippen LogP contribution >= 0.6 is 0 Å². The fourth-order valence-electron chi connectivity index (χ4n) is 3.57. The molecule has 0 atom stereocenters. The summed E-state index contributed by atoms with van der Waals surface area (Å²) in [5, 5.41) is 2.78. The summed E-state index contributed by atoms with van der Waals surface area (Å²) in [6, 6.07) is 16.5. The third-order valence-corrected chi connectivity index (χ3v) is 6.98. The summed E-state index contributed by atoms with van der Waals surface area (Å²) < 4.78 is 67.0. The molecule has 0 spiro atoms. The lowest BCUT2D eigenvalue weighted by Crippen LogP contribution is -2.28. The number of sulfonamides is 1. The number of alkyl halides is 3. The minimum absolute atomic E-state index is 0. The summed E-state index contributed by atoms with van der Waals surface area (Å²) in [5.41, 5.74) is 0.951. The molecule has 182 valence electrons. The molecule has 0 saturated heterocycles. The maximum absolute atomic E-state index is 13.0. The molecule has 1 heterocycles. The van der Waals surface area contributed by atoms with Gasteiger partial charge in [0.25, 0.3) is 0 Å². The van der Waals surface area contributed by atoms with Crippen molar-refractivity contribution in [2.24, 2.45) is 0 Å². The van der Waals surface area contributed by atoms with Gasteiger partial charge in [-0.15, -0.1) is 13.2 Å². The van der Waals surface area contributed by atoms with Crippen LogP contribution < -0.4 is 14.8 Å². The Morgan fingerprint density at radius 3 is 2.24 bits per heavy atom. The van der Waals surface area contributed by atoms with E-state index >= 15 is 0 Å². The monoisotopic (exact) mass is 495 g/mol. The van der Waals surface area contributed by atoms with Gasteiger partial charge in [-0.2, -0.15) is 0 Å². The van der Waals surface area contributed by atoms with Gasteiger partial charge in [-0.25, -0.2) is 18.1 Å². The lowest BCUT2D eigenvalue weighted by atomic mass is 9.95. The third kappa shape index (κ3) is 5.05. The average Bonchev–Trinajstić information content (AvgIpc) is 3.61. The molecule has 2 N–H and O–H groups in total. The van der Waals surface area contributed by atoms with E-state index in [1.54, 1.807) is 30.3 Å². The van der Waals surface area contributed by atoms with Crippen LogP contribution in [0, 0.1) is 0 Å². The van der Waals surface area contributed by atoms with E-state index in [9.17, 15) is 26.4 Å². The van der Waals surface area contributed by atoms with E-state index in [0.717, 1.165) is 0 Å². The molecule has 0 unspecified atom stereocenters. The second kappa shape index (κ2) is 8.73. The van der Waals surface area contributed by atoms with Gasteiger partial charge >= 0.3 is 6.36 Å². The number of hydrogen-bond acceptors (Lipinski definition) is 5. The fraction of sp³-hybridized carbons (Fsp3) is 0.217. The molecular formula is C23H24F3N3O4S. The number of anilines is 1. The minimum Gasteiger partial charge on any atom is -0.406 e. The summed E-state index contributed by atoms with van der Waals surface area (Å²) in [4.78, 5) is 17.6. The van der Waals surface area contributed by atoms with Gasteiger partial charge in [-0.3, -0.25) is 4.79 Å². The van der Waals surface area contributed by atoms with E-state index in [0.29, 0.717) is 35.5 Å². The highest BCUT2D eigenvalue weighted by atomic mass is 32.2. The van der Waals surface area contributed by atoms with Crippen LogP contribution in [0.3, 0.4) is 0 Å². The normalized spacial score (nSPS) is 14.9. The number of benzene rings is 2. The summed E-state index contributed by atoms with van der Waals surface area (Å²) in [6.45, 7) is 0. The van der Waals surface area contributed by atoms with Gasteiger partial charge in [0, 0.05) is 8.42 Å². The first-order valence-corrected chi connectivity index (χ1v) is 11.7. The van der Waals surface area contributed by atoms with Crippen LogP contribution in [0.25, 0.3) is 11.3 Å². The molecule has 0 radical (unpaired) electrons. The molecule has 2 aromatic carbocycles. The lowest BCUT2D eigenvalue weighted by molar-refractivity contribution is -0.274. The van der Waals surface area contributed by atoms with E-state index in [1.807, 2.05) is 0 Å². The second-order valence-electron chi connectivity index (χ2n) is 7.75. The molecule has 0 aliphatic heterocycles. The minimum atomic E-state index is -4.78. The molecule has 3 aromatic rings. The van der Waals surface area contributed by atoms with E-state index < -0.39 is 21.8 Å². The molecule has 1 amide bonds. The third-order valence-electron chi connectivity index (χ3n) is 5.54. The number of nitrogens with zero attached hydrogens (tertiary/aromatic N) is 1. The first-order chi connectivity index (χ1) is 16.0. The first-order valence-electron chi connectivity index (χ1n) is 10.2. The van der Waals surface area contributed by atoms with Gasteiger partial charge < -0.3 is 10.1 Å². The molecular weight excluding hydrogens is 471 g/mol. The Bertz CT molecular complexity index is 1320. The van der Waals surface area contributed by atoms with Crippen LogP contribution in [0.1, 0.15) is 21.3 Å². The largest absolute Gasteiger partial charge is 0.573 e. The van der Waals surface area contributed by atoms with Gasteiger partial charge in [-0.1, -0.05) is 30.3 Å². The number of carbonyl (C=O) groups is 1. The fourth-order valence-corrected chi connectivity index (χ4v) is 4.30. The molecule has 11 heteroatoms. The summed E-state index contributed by atoms with van der Waals surface area (Å²) in [6.07, 6.45) is -3.67. The van der Waals surface area contributed by atoms with Gasteiger partial charge in [-0.05, 0) is 61.9 Å². The predicted octanol–water partition coefficient (Wildman–Crippen LogP) is 4.72. The second-order valence-corrected chi connectivity index (χ2v) is 9.63. The Morgan fingerprint density at radius 2 is 1.68 bits per heavy atom. The highest BCUT2D eigenvalue weighted by molar-refractivity contribution is 7.89. The number of amides is 1. The van der Waals surface area contributed by atoms with Crippen molar-refractivity contribution in [3.05, 3.63) is 72.3 Å². The number of rotatable bonds is 7. The van der Waals surface area contributed by atoms with E-state index in [2.05, 4.69) is 19.8 Å². The zero-order valence-corrected chi connectivity index (χ0v) is 18.7. The predicted molar refractivity (Wildman–Crippen MR) is 123 cm³/mol. The molecule has 1 aliphatic rings. The van der Waals surface area contributed by atoms with E-state index in [4.69, 9.17) is 0 Å². The van der Waals surface area contributed by atoms with Crippen molar-refractivity contribution in [2.45, 2.75) is 29.5 Å². The van der Waals surface area contributed by atoms with Crippen LogP contribution in [-0.2, 0) is 20.2 Å². The number of hydrogen-bond donors (Lipinski definition) is 2. The van der Waals surface area contributed by atoms with Crippen molar-refractivity contribution in [1.29, 1.82) is 0 Å². The first kappa shape index (κ1) is 23.7. The number of ether oxygens (including phenoxy) is 1. The summed E-state index contributed by atoms with van der Waals surface area (Å²) in [5.74, 6) is -0.356. The van der Waals surface area contributed by atoms with Crippen molar-refractivity contribution in [2.75, 3.05) is 12.4 Å². The molecule has 7 nitrogen and oxygen atoms in total. The van der Waals surface area contributed by atoms with Crippen molar-refractivity contribution >= 4 is 21.7 Å². The van der Waals surface area contributed by atoms with E-state index in [1.165, 1.54) is 43.4 Å². The van der Waals surface area contributed by atoms with Crippen LogP contribution in [0.5, 0.6) is 5.75 Å². The topological polar surface area (TPSA) is 97.4 Å². The maximum atomic E-state index is 13.0. The molecule has 4 rings (SSSR count). The van der Waals surface area contributed by atoms with Gasteiger partial charge in [0.15, 0.2) is 0 Å². The molecule has 0 bridgehead atoms. The van der Waals surface area contributed by atoms with Crippen molar-refractivity contribution < 1.29 is 34.0 Å². The van der Waals surface area contributed by atoms with Crippen LogP contribution in [0.2, 0.25) is 0 Å². The van der Waals surface area contributed by atoms with Crippen molar-refractivity contribution in [1.82, 2.24) is 9.71 Å². The number of carbonyl (C=O) groups excluding carboxylic acids is 1. The highest BCUT2D eigenvalue weighted by Crippen LogP contribution is 2.49. The average molecular weight is 496 g/mol. The summed E-state index contributed by atoms with van der Waals surface area (Å²) in [7, 11) is -2.23. The zero-order valence-electron chi connectivity index (χ0n) is 17.9. The van der Waals surface area contributed by atoms with Crippen molar-refractivity contribution in [3.8, 4) is 17.0 Å². The Morgan fingerprint density at radius 1 is 1.03 bits per heavy atom. The lowest BCUT2D eigenvalue weighted by Gasteiger charge is -2.17. The Balaban J connectivity index is 0.00000228. The standard InChI is InChI=1S/C23H20F3N3O4S.2H2/c1-27-34(31,32)18-11-5-15(6-12-18)19-3-2-4-20(28-19)29-21(30)22(13-14-22)16-7-9-17(10-8-16)33-23(24,25)26;;/h2-12,27H,13-14H2,1H3,(H,28,29,30);2*1H. The van der Waals surface area contributed by atoms with Crippen molar-refractivity contribution in [3.63, 3.8) is 0 Å². The number of halogens is 3. The molecule has 1 aliphatic carbocycles. The molecule has 34 heavy (non-hydrogen) atoms. The Kier molecular flexibility index (Phi) is 6.09. The Labute approximate surface area is 197 Å². The smallest absolute Gasteiger partial charge is 0.406 e. The number of nitrogens with one attached hydrogen (secondary N) is 2. The molecule has 1 fully saturated rings. The number of pyridine rings is 1.